The number of rotatable bonds is 5. The number of hydrogen-bond donors (Lipinski definition) is 0. The Morgan fingerprint density at radius 3 is 2.45 bits per heavy atom. The summed E-state index contributed by atoms with van der Waals surface area (Å²) in [6.07, 6.45) is 0. The molecule has 0 aromatic carbocycles. The molecule has 65 valence electrons. The van der Waals surface area contributed by atoms with Crippen LogP contribution in [0.2, 0.25) is 0 Å². The molecule has 0 saturated carbocycles. The van der Waals surface area contributed by atoms with E-state index in [2.05, 4.69) is 21.2 Å². The fraction of sp³-hybridized carbons (Fsp3) is 0.800. The van der Waals surface area contributed by atoms with Gasteiger partial charge in [-0.25, -0.2) is 7.11 Å². The molecular weight excluding hydrogens is 245 g/mol. The van der Waals surface area contributed by atoms with E-state index < -0.39 is 0 Å². The van der Waals surface area contributed by atoms with Gasteiger partial charge in [-0.05, 0) is 13.8 Å². The van der Waals surface area contributed by atoms with Gasteiger partial charge in [0.1, 0.15) is 0 Å². The second-order valence-electron chi connectivity index (χ2n) is 2.33. The Morgan fingerprint density at radius 2 is 2.09 bits per heavy atom. The topological polar surface area (TPSA) is 50.8 Å². The fourth-order valence-electron chi connectivity index (χ4n) is 0.376. The van der Waals surface area contributed by atoms with Crippen LogP contribution in [0.3, 0.4) is 0 Å². The molecule has 0 aliphatic rings. The van der Waals surface area contributed by atoms with Crippen LogP contribution in [0.4, 0.5) is 0 Å². The second kappa shape index (κ2) is 7.92. The first-order valence-corrected chi connectivity index (χ1v) is 3.38. The van der Waals surface area contributed by atoms with Gasteiger partial charge in [0, 0.05) is 51.4 Å². The van der Waals surface area contributed by atoms with Gasteiger partial charge < -0.3 is 9.99 Å². The normalized spacial score (nSPS) is 10.9. The van der Waals surface area contributed by atoms with Gasteiger partial charge in [0.2, 0.25) is 0 Å². The average Bonchev–Trinajstić information content (AvgIpc) is 1.84. The Bertz CT molecular complexity index is 90.6. The Kier molecular flexibility index (Phi) is 10.7. The van der Waals surface area contributed by atoms with Crippen molar-refractivity contribution in [1.29, 1.82) is 0 Å². The van der Waals surface area contributed by atoms with Gasteiger partial charge in [-0.3, -0.25) is 5.04 Å². The first kappa shape index (κ1) is 14.8. The summed E-state index contributed by atoms with van der Waals surface area (Å²) in [4.78, 5) is 0. The smallest absolute Gasteiger partial charge is 0.0600 e. The molecule has 0 bridgehead atoms. The van der Waals surface area contributed by atoms with E-state index in [1.165, 1.54) is 0 Å². The van der Waals surface area contributed by atoms with Crippen molar-refractivity contribution in [3.05, 3.63) is 7.11 Å². The molecule has 0 aliphatic heterocycles. The average molecular weight is 255 g/mol. The predicted molar refractivity (Wildman–Crippen MR) is 35.1 cm³/mol. The molecule has 0 aromatic heterocycles. The van der Waals surface area contributed by atoms with Gasteiger partial charge >= 0.3 is 0 Å². The van der Waals surface area contributed by atoms with Crippen LogP contribution in [0.1, 0.15) is 13.8 Å². The molecule has 0 amide bonds. The monoisotopic (exact) mass is 255 g/mol. The van der Waals surface area contributed by atoms with Crippen molar-refractivity contribution in [3.8, 4) is 0 Å². The van der Waals surface area contributed by atoms with Crippen molar-refractivity contribution in [2.75, 3.05) is 6.61 Å². The Morgan fingerprint density at radius 1 is 1.55 bits per heavy atom. The number of ether oxygens (including phenoxy) is 1. The molecule has 0 N–H and O–H groups in total. The van der Waals surface area contributed by atoms with Crippen LogP contribution in [0.5, 0.6) is 0 Å². The molecule has 0 unspecified atom stereocenters. The third-order valence-electron chi connectivity index (χ3n) is 0.737. The van der Waals surface area contributed by atoms with Crippen LogP contribution >= 0.6 is 12.0 Å². The molecule has 0 saturated heterocycles. The van der Waals surface area contributed by atoms with Crippen molar-refractivity contribution >= 4 is 12.0 Å². The summed E-state index contributed by atoms with van der Waals surface area (Å²) in [5, 5.41) is 12.5. The molecular formula is C5H10O4SY-2. The zero-order chi connectivity index (χ0) is 8.04. The molecule has 0 spiro atoms. The first-order valence-electron chi connectivity index (χ1n) is 2.64. The quantitative estimate of drug-likeness (QED) is 0.309. The fourth-order valence-corrected chi connectivity index (χ4v) is 0.719. The van der Waals surface area contributed by atoms with E-state index in [1.807, 2.05) is 13.8 Å². The van der Waals surface area contributed by atoms with Gasteiger partial charge in [0.15, 0.2) is 0 Å². The molecule has 0 fully saturated rings. The maximum atomic E-state index is 9.38. The molecule has 1 radical (unpaired) electrons. The van der Waals surface area contributed by atoms with Crippen LogP contribution in [0, 0.1) is 7.11 Å². The van der Waals surface area contributed by atoms with Crippen LogP contribution < -0.4 is 5.26 Å². The van der Waals surface area contributed by atoms with Gasteiger partial charge in [-0.2, -0.15) is 4.33 Å². The molecule has 4 nitrogen and oxygen atoms in total. The summed E-state index contributed by atoms with van der Waals surface area (Å²) < 4.78 is 8.39. The summed E-state index contributed by atoms with van der Waals surface area (Å²) >= 11 is 0.904. The number of hydrogen-bond acceptors (Lipinski definition) is 5. The summed E-state index contributed by atoms with van der Waals surface area (Å²) in [6, 6.07) is 0. The predicted octanol–water partition coefficient (Wildman–Crippen LogP) is 0.442. The van der Waals surface area contributed by atoms with Gasteiger partial charge in [0.05, 0.1) is 4.75 Å². The van der Waals surface area contributed by atoms with Gasteiger partial charge in [-0.1, -0.05) is 0 Å². The minimum atomic E-state index is -0.313. The molecule has 0 rings (SSSR count). The van der Waals surface area contributed by atoms with Gasteiger partial charge in [0.25, 0.3) is 0 Å². The van der Waals surface area contributed by atoms with E-state index in [1.54, 1.807) is 0 Å². The van der Waals surface area contributed by atoms with E-state index in [-0.39, 0.29) is 37.5 Å². The van der Waals surface area contributed by atoms with Crippen molar-refractivity contribution in [2.45, 2.75) is 18.6 Å². The van der Waals surface area contributed by atoms with Crippen molar-refractivity contribution < 1.29 is 52.1 Å². The zero-order valence-electron chi connectivity index (χ0n) is 6.53. The first-order chi connectivity index (χ1) is 4.62. The molecule has 0 heterocycles. The minimum absolute atomic E-state index is 0. The van der Waals surface area contributed by atoms with Crippen LogP contribution in [-0.4, -0.2) is 11.4 Å². The Balaban J connectivity index is 0. The molecule has 0 atom stereocenters. The van der Waals surface area contributed by atoms with E-state index in [0.717, 1.165) is 12.0 Å². The third-order valence-corrected chi connectivity index (χ3v) is 1.43. The Labute approximate surface area is 95.9 Å². The van der Waals surface area contributed by atoms with E-state index >= 15 is 0 Å². The standard InChI is InChI=1S/C5H11O4S.Y/c1-5(2,4-7-3)10-9-8-6;/h6H,3-4H2,1-2H3;/q-1;/p-1. The largest absolute Gasteiger partial charge is 0.691 e. The van der Waals surface area contributed by atoms with E-state index in [0.29, 0.717) is 6.61 Å². The second-order valence-corrected chi connectivity index (χ2v) is 3.74. The maximum absolute atomic E-state index is 9.38. The minimum Gasteiger partial charge on any atom is -0.691 e. The third kappa shape index (κ3) is 9.21. The van der Waals surface area contributed by atoms with Crippen LogP contribution in [0.25, 0.3) is 0 Å². The maximum Gasteiger partial charge on any atom is 0.0600 e. The summed E-state index contributed by atoms with van der Waals surface area (Å²) in [7, 11) is 3.19. The Hall–Kier alpha value is 1.29. The van der Waals surface area contributed by atoms with E-state index in [9.17, 15) is 5.26 Å². The summed E-state index contributed by atoms with van der Waals surface area (Å²) in [5.74, 6) is 0. The zero-order valence-corrected chi connectivity index (χ0v) is 10.2. The van der Waals surface area contributed by atoms with Crippen LogP contribution in [-0.2, 0) is 46.8 Å². The van der Waals surface area contributed by atoms with E-state index in [4.69, 9.17) is 0 Å². The molecule has 0 aromatic rings. The molecule has 6 heteroatoms. The van der Waals surface area contributed by atoms with Crippen LogP contribution in [0.15, 0.2) is 0 Å². The van der Waals surface area contributed by atoms with Crippen molar-refractivity contribution in [2.24, 2.45) is 0 Å². The SMILES string of the molecule is [CH2-]OCC(C)(C)SOO[O-].[Y]. The summed E-state index contributed by atoms with van der Waals surface area (Å²) in [5.41, 5.74) is 0. The summed E-state index contributed by atoms with van der Waals surface area (Å²) in [6.45, 7) is 4.06. The molecule has 0 aliphatic carbocycles. The van der Waals surface area contributed by atoms with Gasteiger partial charge in [-0.15, -0.1) is 0 Å². The van der Waals surface area contributed by atoms with Crippen molar-refractivity contribution in [3.63, 3.8) is 0 Å². The van der Waals surface area contributed by atoms with Crippen molar-refractivity contribution in [1.82, 2.24) is 0 Å². The molecule has 11 heavy (non-hydrogen) atoms.